The summed E-state index contributed by atoms with van der Waals surface area (Å²) >= 11 is 0. The number of hydrogen-bond acceptors (Lipinski definition) is 6. The average Bonchev–Trinajstić information content (AvgIpc) is 3.30. The minimum absolute atomic E-state index is 0.0455. The van der Waals surface area contributed by atoms with Crippen molar-refractivity contribution in [1.82, 2.24) is 14.5 Å². The molecule has 1 unspecified atom stereocenters. The fraction of sp³-hybridized carbons (Fsp3) is 0.581. The van der Waals surface area contributed by atoms with Crippen molar-refractivity contribution in [2.24, 2.45) is 5.92 Å². The van der Waals surface area contributed by atoms with E-state index in [9.17, 15) is 5.26 Å². The minimum Gasteiger partial charge on any atom is -0.497 e. The van der Waals surface area contributed by atoms with E-state index in [4.69, 9.17) is 18.3 Å². The van der Waals surface area contributed by atoms with Crippen LogP contribution in [0.3, 0.4) is 0 Å². The fourth-order valence-corrected chi connectivity index (χ4v) is 6.57. The number of aromatic nitrogens is 3. The number of nitriles is 1. The predicted octanol–water partition coefficient (Wildman–Crippen LogP) is 7.80. The summed E-state index contributed by atoms with van der Waals surface area (Å²) in [5, 5.41) is 9.28. The van der Waals surface area contributed by atoms with Crippen LogP contribution in [0.15, 0.2) is 36.5 Å². The Hall–Kier alpha value is -2.89. The summed E-state index contributed by atoms with van der Waals surface area (Å²) in [7, 11) is -0.489. The standard InChI is InChI=1S/C31H45N5O2Si/c1-22(38-39(7,8)31(2,3)4)30-34-27-20-33-29(35(5)21-24-11-15-26(37-6)16-12-24)19-28(27)36(30)25-13-9-23(10-14-25)17-18-32/h11-12,15-16,19-20,22-23,25H,9-10,13-14,17,21H2,1-8H3/i5D3. The molecule has 4 rings (SSSR count). The lowest BCUT2D eigenvalue weighted by Crippen LogP contribution is -2.41. The van der Waals surface area contributed by atoms with Crippen LogP contribution in [0.1, 0.15) is 87.4 Å². The quantitative estimate of drug-likeness (QED) is 0.253. The maximum Gasteiger partial charge on any atom is 0.193 e. The molecular formula is C31H45N5O2Si. The Bertz CT molecular complexity index is 1400. The molecular weight excluding hydrogens is 502 g/mol. The summed E-state index contributed by atoms with van der Waals surface area (Å²) in [5.74, 6) is 2.36. The lowest BCUT2D eigenvalue weighted by atomic mass is 9.84. The first-order chi connectivity index (χ1) is 19.6. The second-order valence-electron chi connectivity index (χ2n) is 12.4. The Morgan fingerprint density at radius 2 is 1.90 bits per heavy atom. The van der Waals surface area contributed by atoms with Crippen LogP contribution in [0.25, 0.3) is 11.0 Å². The maximum absolute atomic E-state index is 9.24. The first kappa shape index (κ1) is 25.1. The van der Waals surface area contributed by atoms with E-state index >= 15 is 0 Å². The van der Waals surface area contributed by atoms with Gasteiger partial charge in [-0.2, -0.15) is 5.26 Å². The lowest BCUT2D eigenvalue weighted by molar-refractivity contribution is 0.180. The average molecular weight is 551 g/mol. The second kappa shape index (κ2) is 11.7. The summed E-state index contributed by atoms with van der Waals surface area (Å²) in [6, 6.07) is 11.8. The largest absolute Gasteiger partial charge is 0.497 e. The molecule has 0 bridgehead atoms. The zero-order valence-corrected chi connectivity index (χ0v) is 25.5. The Labute approximate surface area is 239 Å². The van der Waals surface area contributed by atoms with Crippen LogP contribution in [-0.2, 0) is 11.0 Å². The van der Waals surface area contributed by atoms with Crippen molar-refractivity contribution in [3.63, 3.8) is 0 Å². The van der Waals surface area contributed by atoms with Crippen molar-refractivity contribution < 1.29 is 13.3 Å². The number of hydrogen-bond donors (Lipinski definition) is 0. The molecule has 2 aromatic heterocycles. The number of anilines is 1. The van der Waals surface area contributed by atoms with Crippen molar-refractivity contribution in [1.29, 1.82) is 5.26 Å². The third-order valence-corrected chi connectivity index (χ3v) is 13.1. The van der Waals surface area contributed by atoms with Gasteiger partial charge in [-0.25, -0.2) is 9.97 Å². The van der Waals surface area contributed by atoms with Crippen LogP contribution in [0, 0.1) is 17.2 Å². The molecule has 1 aromatic carbocycles. The summed E-state index contributed by atoms with van der Waals surface area (Å²) in [4.78, 5) is 11.0. The third-order valence-electron chi connectivity index (χ3n) is 8.57. The summed E-state index contributed by atoms with van der Waals surface area (Å²) in [6.07, 6.45) is 5.86. The molecule has 0 aliphatic heterocycles. The third kappa shape index (κ3) is 6.47. The number of nitrogens with zero attached hydrogens (tertiary/aromatic N) is 5. The van der Waals surface area contributed by atoms with Crippen molar-refractivity contribution in [3.8, 4) is 11.8 Å². The highest BCUT2D eigenvalue weighted by atomic mass is 28.4. The molecule has 1 aliphatic carbocycles. The van der Waals surface area contributed by atoms with Gasteiger partial charge in [-0.3, -0.25) is 0 Å². The smallest absolute Gasteiger partial charge is 0.193 e. The molecule has 210 valence electrons. The van der Waals surface area contributed by atoms with E-state index in [1.165, 1.54) is 4.90 Å². The molecule has 0 spiro atoms. The number of pyridine rings is 1. The molecule has 1 atom stereocenters. The van der Waals surface area contributed by atoms with E-state index in [0.29, 0.717) is 23.9 Å². The number of fused-ring (bicyclic) bond motifs is 1. The van der Waals surface area contributed by atoms with E-state index < -0.39 is 15.3 Å². The van der Waals surface area contributed by atoms with E-state index in [1.54, 1.807) is 13.3 Å². The highest BCUT2D eigenvalue weighted by Crippen LogP contribution is 2.42. The highest BCUT2D eigenvalue weighted by Gasteiger charge is 2.40. The Balaban J connectivity index is 1.78. The predicted molar refractivity (Wildman–Crippen MR) is 161 cm³/mol. The van der Waals surface area contributed by atoms with Crippen molar-refractivity contribution in [2.45, 2.75) is 96.6 Å². The highest BCUT2D eigenvalue weighted by molar-refractivity contribution is 6.74. The van der Waals surface area contributed by atoms with E-state index in [-0.39, 0.29) is 23.7 Å². The molecule has 3 aromatic rings. The monoisotopic (exact) mass is 550 g/mol. The van der Waals surface area contributed by atoms with Gasteiger partial charge in [0.25, 0.3) is 0 Å². The summed E-state index contributed by atoms with van der Waals surface area (Å²) in [5.41, 5.74) is 2.44. The summed E-state index contributed by atoms with van der Waals surface area (Å²) in [6.45, 7) is 11.0. The number of imidazole rings is 1. The minimum atomic E-state index is -2.40. The van der Waals surface area contributed by atoms with Crippen LogP contribution in [-0.4, -0.2) is 36.9 Å². The van der Waals surface area contributed by atoms with Crippen LogP contribution in [0.2, 0.25) is 18.1 Å². The molecule has 7 nitrogen and oxygen atoms in total. The number of benzene rings is 1. The molecule has 0 amide bonds. The van der Waals surface area contributed by atoms with Crippen LogP contribution in [0.4, 0.5) is 5.82 Å². The number of rotatable bonds is 9. The molecule has 0 N–H and O–H groups in total. The molecule has 1 saturated carbocycles. The van der Waals surface area contributed by atoms with Gasteiger partial charge in [0.05, 0.1) is 24.9 Å². The van der Waals surface area contributed by atoms with Crippen LogP contribution < -0.4 is 9.64 Å². The zero-order chi connectivity index (χ0) is 30.9. The first-order valence-corrected chi connectivity index (χ1v) is 16.9. The Kier molecular flexibility index (Phi) is 7.52. The maximum atomic E-state index is 9.24. The molecule has 39 heavy (non-hydrogen) atoms. The number of methoxy groups -OCH3 is 1. The van der Waals surface area contributed by atoms with Gasteiger partial charge in [0.1, 0.15) is 29.0 Å². The molecule has 1 fully saturated rings. The molecule has 0 saturated heterocycles. The van der Waals surface area contributed by atoms with Gasteiger partial charge in [0.15, 0.2) is 8.32 Å². The van der Waals surface area contributed by atoms with Crippen LogP contribution >= 0.6 is 0 Å². The van der Waals surface area contributed by atoms with Gasteiger partial charge in [0, 0.05) is 36.2 Å². The van der Waals surface area contributed by atoms with Gasteiger partial charge in [-0.1, -0.05) is 32.9 Å². The van der Waals surface area contributed by atoms with Crippen molar-refractivity contribution >= 4 is 25.2 Å². The van der Waals surface area contributed by atoms with Crippen LogP contribution in [0.5, 0.6) is 5.75 Å². The molecule has 0 radical (unpaired) electrons. The van der Waals surface area contributed by atoms with Gasteiger partial charge < -0.3 is 18.6 Å². The van der Waals surface area contributed by atoms with Gasteiger partial charge in [-0.15, -0.1) is 0 Å². The van der Waals surface area contributed by atoms with Gasteiger partial charge in [0.2, 0.25) is 0 Å². The Morgan fingerprint density at radius 3 is 2.49 bits per heavy atom. The number of ether oxygens (including phenoxy) is 1. The van der Waals surface area contributed by atoms with E-state index in [2.05, 4.69) is 56.4 Å². The van der Waals surface area contributed by atoms with Crippen molar-refractivity contribution in [2.75, 3.05) is 19.0 Å². The van der Waals surface area contributed by atoms with Crippen molar-refractivity contribution in [3.05, 3.63) is 47.9 Å². The van der Waals surface area contributed by atoms with E-state index in [1.807, 2.05) is 30.3 Å². The molecule has 8 heteroatoms. The second-order valence-corrected chi connectivity index (χ2v) is 17.1. The SMILES string of the molecule is [2H]C([2H])([2H])N(Cc1ccc(OC)cc1)c1cc2c(cn1)nc(C(C)O[Si](C)(C)C(C)(C)C)n2C1CCC(CC#N)CC1. The normalized spacial score (nSPS) is 20.5. The molecule has 1 aliphatic rings. The molecule has 2 heterocycles. The zero-order valence-electron chi connectivity index (χ0n) is 27.5. The van der Waals surface area contributed by atoms with Gasteiger partial charge >= 0.3 is 0 Å². The summed E-state index contributed by atoms with van der Waals surface area (Å²) < 4.78 is 39.4. The fourth-order valence-electron chi connectivity index (χ4n) is 5.23. The lowest BCUT2D eigenvalue weighted by Gasteiger charge is -2.39. The first-order valence-electron chi connectivity index (χ1n) is 15.5. The Morgan fingerprint density at radius 1 is 1.21 bits per heavy atom. The topological polar surface area (TPSA) is 76.2 Å². The van der Waals surface area contributed by atoms with E-state index in [0.717, 1.165) is 48.1 Å². The van der Waals surface area contributed by atoms with Gasteiger partial charge in [-0.05, 0) is 74.4 Å².